The fraction of sp³-hybridized carbons (Fsp3) is 0.764. The van der Waals surface area contributed by atoms with Gasteiger partial charge in [-0.3, -0.25) is 29.3 Å². The van der Waals surface area contributed by atoms with Crippen LogP contribution in [0.4, 0.5) is 33.6 Å². The summed E-state index contributed by atoms with van der Waals surface area (Å²) in [5, 5.41) is 49.9. The van der Waals surface area contributed by atoms with Gasteiger partial charge in [-0.15, -0.1) is 45.1 Å². The average Bonchev–Trinajstić information content (AvgIpc) is 1.62. The van der Waals surface area contributed by atoms with Crippen molar-refractivity contribution in [2.24, 2.45) is 23.5 Å². The van der Waals surface area contributed by atoms with Gasteiger partial charge in [-0.05, 0) is 188 Å². The summed E-state index contributed by atoms with van der Waals surface area (Å²) in [5.41, 5.74) is 5.04. The molecule has 1 aromatic carbocycles. The Hall–Kier alpha value is -9.79. The molecule has 5 N–H and O–H groups in total. The van der Waals surface area contributed by atoms with Gasteiger partial charge in [0.25, 0.3) is 0 Å². The Bertz CT molecular complexity index is 5130. The van der Waals surface area contributed by atoms with Crippen LogP contribution in [0.3, 0.4) is 0 Å². The zero-order valence-electron chi connectivity index (χ0n) is 81.7. The Balaban J connectivity index is 0.000000147. The van der Waals surface area contributed by atoms with Gasteiger partial charge in [0.1, 0.15) is 65.7 Å². The Morgan fingerprint density at radius 1 is 0.453 bits per heavy atom. The SMILES string of the molecule is CCCC[N+](CCCC)(CCCC)CCCC.C[C@H]1C[C@@H](c2nnc([C@@H]3CC[C@@H]4CN3C(=O)N4O)o2)N(C(=O)OC(C)(C)C)C1.C[C@H]1C[C@@H](c2nnc([C@@H]3CC[C@@H]4CN3C(=O)N4OCc3ccccc3)o2)N(C(=O)OC(C)(C)C)C1.C[C@H]1C[C@@H](c2nnc([C@@H]3CC[C@@H]4CN3C(=O)N4OS(=O)(=O)[O-])o2)N(C(=O)OC(C)(C)C)C1.N[C@@H]1CN[C@H](c2nnc([C@@H]3CC[C@@H]4CN3C(=O)N4OS(=O)(=O)O)o2)C1. The number of hydrogen-bond donors (Lipinski definition) is 4. The largest absolute Gasteiger partial charge is 0.724 e. The smallest absolute Gasteiger partial charge is 0.418 e. The maximum Gasteiger partial charge on any atom is 0.418 e. The lowest BCUT2D eigenvalue weighted by Gasteiger charge is -2.39. The van der Waals surface area contributed by atoms with Gasteiger partial charge in [0.15, 0.2) is 0 Å². The van der Waals surface area contributed by atoms with Gasteiger partial charge < -0.3 is 71.6 Å². The van der Waals surface area contributed by atoms with Crippen LogP contribution in [-0.2, 0) is 55.0 Å². The fourth-order valence-electron chi connectivity index (χ4n) is 19.9. The molecule has 0 unspecified atom stereocenters. The van der Waals surface area contributed by atoms with E-state index in [1.807, 2.05) is 78.8 Å². The third kappa shape index (κ3) is 26.1. The number of unbranched alkanes of at least 4 members (excludes halogenated alkanes) is 4. The molecule has 8 bridgehead atoms. The van der Waals surface area contributed by atoms with Gasteiger partial charge in [0.05, 0.1) is 56.4 Å². The number of carbonyl (C=O) groups is 7. The van der Waals surface area contributed by atoms with Gasteiger partial charge in [0, 0.05) is 58.4 Å². The molecule has 12 aliphatic rings. The zero-order valence-corrected chi connectivity index (χ0v) is 83.3. The van der Waals surface area contributed by atoms with E-state index in [0.29, 0.717) is 150 Å². The van der Waals surface area contributed by atoms with E-state index in [4.69, 9.17) is 47.0 Å². The van der Waals surface area contributed by atoms with Crippen LogP contribution in [0, 0.1) is 17.8 Å². The second kappa shape index (κ2) is 43.9. The number of piperidine rings is 4. The molecule has 0 radical (unpaired) electrons. The van der Waals surface area contributed by atoms with Crippen molar-refractivity contribution in [1.82, 2.24) is 101 Å². The third-order valence-corrected chi connectivity index (χ3v) is 27.2. The number of ether oxygens (including phenoxy) is 3. The predicted molar refractivity (Wildman–Crippen MR) is 484 cm³/mol. The monoisotopic (exact) mass is 1960 g/mol. The number of urea groups is 4. The van der Waals surface area contributed by atoms with Crippen molar-refractivity contribution < 1.29 is 114 Å². The van der Waals surface area contributed by atoms with Crippen LogP contribution in [0.2, 0.25) is 0 Å². The van der Waals surface area contributed by atoms with Crippen LogP contribution < -0.4 is 11.1 Å². The third-order valence-electron chi connectivity index (χ3n) is 26.5. The number of hydrogen-bond acceptors (Lipinski definition) is 33. The van der Waals surface area contributed by atoms with Crippen molar-refractivity contribution in [3.63, 3.8) is 0 Å². The molecule has 48 heteroatoms. The first-order valence-corrected chi connectivity index (χ1v) is 51.1. The first kappa shape index (κ1) is 105. The summed E-state index contributed by atoms with van der Waals surface area (Å²) in [7, 11) is -9.84. The maximum absolute atomic E-state index is 13.1. The number of likely N-dealkylation sites (tertiary alicyclic amines) is 3. The van der Waals surface area contributed by atoms with Gasteiger partial charge in [-0.2, -0.15) is 27.9 Å². The van der Waals surface area contributed by atoms with E-state index in [1.165, 1.54) is 96.9 Å². The number of nitrogens with one attached hydrogen (secondary N) is 1. The lowest BCUT2D eigenvalue weighted by Crippen LogP contribution is -2.50. The standard InChI is InChI=1S/C25H33N5O5.C18H27N5O8S.C18H27N5O5.C16H36N.C12H18N6O6S/c1-16-12-20(29(13-16)24(32)35-25(2,3)4)22-27-26-21(34-22)19-11-10-18-14-28(19)23(31)30(18)33-15-17-8-6-5-7-9-17;1-10-7-13(22(8-10)17(25)30-18(2,3)4)15-20-19-14(29-15)12-6-5-11-9-21(12)16(24)23(11)31-32(26,27)28;1-10-7-13(22(8-10)17(25)28-18(2,3)4)15-20-19-14(27-15)12-6-5-11-9-21(12)16(24)23(11)26;1-5-9-13-17(14-10-6-2,15-11-7-3)16-12-8-4;13-6-3-8(14-4-6)10-15-16-11(23-10)9-2-1-7-5-17(9)12(19)18(7)24-25(20,21)22/h5-9,16,18-20H,10-15H2,1-4H3;10-13H,5-9H2,1-4H3,(H,26,27,28);10-13,26H,5-9H2,1-4H3;5-16H2,1-4H3;6-9,14H,1-5,13H2,(H,20,21,22)/q;;;+1;/p-1/t16-,18+,19-,20-;2*10-,11+,12-,13-;;6-,7+,8-,9-/m000.0/s1. The Labute approximate surface area is 800 Å². The average molecular weight is 1970 g/mol. The number of benzene rings is 1. The molecular weight excluding hydrogens is 1830 g/mol. The first-order valence-electron chi connectivity index (χ1n) is 48.4. The number of fused-ring (bicyclic) bond motifs is 8. The number of hydroxylamine groups is 8. The van der Waals surface area contributed by atoms with Crippen molar-refractivity contribution >= 4 is 63.2 Å². The van der Waals surface area contributed by atoms with Crippen LogP contribution in [0.1, 0.15) is 340 Å². The minimum absolute atomic E-state index is 0.00296. The molecule has 4 aromatic heterocycles. The number of rotatable bonds is 27. The van der Waals surface area contributed by atoms with E-state index in [9.17, 15) is 60.2 Å². The van der Waals surface area contributed by atoms with E-state index in [2.05, 4.69) is 96.2 Å². The van der Waals surface area contributed by atoms with Crippen LogP contribution in [-0.4, -0.2) is 299 Å². The van der Waals surface area contributed by atoms with Crippen molar-refractivity contribution in [1.29, 1.82) is 0 Å². The van der Waals surface area contributed by atoms with Crippen LogP contribution >= 0.6 is 0 Å². The molecule has 5 aromatic rings. The second-order valence-electron chi connectivity index (χ2n) is 41.3. The molecule has 16 heterocycles. The molecule has 0 saturated carbocycles. The molecule has 12 fully saturated rings. The minimum atomic E-state index is -5.07. The highest BCUT2D eigenvalue weighted by Gasteiger charge is 2.55. The van der Waals surface area contributed by atoms with E-state index >= 15 is 0 Å². The number of carbonyl (C=O) groups excluding carboxylic acids is 7. The van der Waals surface area contributed by atoms with Crippen molar-refractivity contribution in [3.05, 3.63) is 83.0 Å². The summed E-state index contributed by atoms with van der Waals surface area (Å²) >= 11 is 0. The molecule has 16 atom stereocenters. The first-order chi connectivity index (χ1) is 64.7. The number of amides is 11. The Morgan fingerprint density at radius 3 is 1.10 bits per heavy atom. The molecule has 17 rings (SSSR count). The van der Waals surface area contributed by atoms with Crippen molar-refractivity contribution in [3.8, 4) is 0 Å². The normalized spacial score (nSPS) is 27.1. The fourth-order valence-corrected chi connectivity index (χ4v) is 20.7. The van der Waals surface area contributed by atoms with Gasteiger partial charge >= 0.3 is 52.8 Å². The molecule has 11 amide bonds. The zero-order chi connectivity index (χ0) is 99.1. The van der Waals surface area contributed by atoms with Crippen molar-refractivity contribution in [2.75, 3.05) is 78.5 Å². The highest BCUT2D eigenvalue weighted by Crippen LogP contribution is 2.47. The highest BCUT2D eigenvalue weighted by molar-refractivity contribution is 7.81. The quantitative estimate of drug-likeness (QED) is 0.0125. The van der Waals surface area contributed by atoms with Crippen LogP contribution in [0.25, 0.3) is 0 Å². The lowest BCUT2D eigenvalue weighted by atomic mass is 10.0. The summed E-state index contributed by atoms with van der Waals surface area (Å²) in [4.78, 5) is 105. The summed E-state index contributed by atoms with van der Waals surface area (Å²) < 4.78 is 114. The van der Waals surface area contributed by atoms with E-state index in [-0.39, 0.29) is 109 Å². The highest BCUT2D eigenvalue weighted by atomic mass is 32.3. The molecule has 0 aliphatic carbocycles. The summed E-state index contributed by atoms with van der Waals surface area (Å²) in [5.74, 6) is 3.42. The van der Waals surface area contributed by atoms with E-state index in [0.717, 1.165) is 23.5 Å². The topological polar surface area (TPSA) is 536 Å². The van der Waals surface area contributed by atoms with E-state index < -0.39 is 98.1 Å². The number of nitrogens with two attached hydrogens (primary N) is 1. The Kier molecular flexibility index (Phi) is 33.5. The van der Waals surface area contributed by atoms with Crippen molar-refractivity contribution in [2.45, 2.75) is 341 Å². The molecule has 12 aliphatic heterocycles. The summed E-state index contributed by atoms with van der Waals surface area (Å²) in [6.45, 7) is 41.6. The number of nitrogens with zero attached hydrogens (tertiary/aromatic N) is 20. The lowest BCUT2D eigenvalue weighted by molar-refractivity contribution is -0.929. The van der Waals surface area contributed by atoms with Gasteiger partial charge in [-0.25, -0.2) is 47.0 Å². The van der Waals surface area contributed by atoms with E-state index in [1.54, 1.807) is 45.3 Å². The predicted octanol–water partition coefficient (Wildman–Crippen LogP) is 13.0. The Morgan fingerprint density at radius 2 is 0.766 bits per heavy atom. The van der Waals surface area contributed by atoms with Gasteiger partial charge in [0.2, 0.25) is 57.5 Å². The summed E-state index contributed by atoms with van der Waals surface area (Å²) in [6.07, 6.45) is 17.2. The van der Waals surface area contributed by atoms with Crippen LogP contribution in [0.5, 0.6) is 0 Å². The molecule has 12 saturated heterocycles. The summed E-state index contributed by atoms with van der Waals surface area (Å²) in [6, 6.07) is 3.67. The maximum atomic E-state index is 13.1. The molecule has 46 nitrogen and oxygen atoms in total. The molecule has 137 heavy (non-hydrogen) atoms. The van der Waals surface area contributed by atoms with Crippen LogP contribution in [0.15, 0.2) is 48.0 Å². The number of quaternary nitrogens is 1. The molecule has 0 spiro atoms. The second-order valence-corrected chi connectivity index (χ2v) is 43.3. The molecular formula is C89H140N22O24S2. The minimum Gasteiger partial charge on any atom is -0.724 e. The number of aromatic nitrogens is 8. The molecule has 762 valence electrons. The van der Waals surface area contributed by atoms with Gasteiger partial charge in [-0.1, -0.05) is 104 Å².